The monoisotopic (exact) mass is 264 g/mol. The van der Waals surface area contributed by atoms with Gasteiger partial charge >= 0.3 is 0 Å². The minimum absolute atomic E-state index is 0.112. The van der Waals surface area contributed by atoms with Crippen LogP contribution in [0.5, 0.6) is 5.75 Å². The first-order valence-corrected chi connectivity index (χ1v) is 7.59. The Labute approximate surface area is 118 Å². The summed E-state index contributed by atoms with van der Waals surface area (Å²) in [6.45, 7) is 9.35. The molecule has 0 radical (unpaired) electrons. The second-order valence-electron chi connectivity index (χ2n) is 5.02. The summed E-state index contributed by atoms with van der Waals surface area (Å²) in [4.78, 5) is 0. The molecule has 0 N–H and O–H groups in total. The quantitative estimate of drug-likeness (QED) is 0.575. The van der Waals surface area contributed by atoms with Crippen molar-refractivity contribution in [3.8, 4) is 5.75 Å². The molecule has 2 nitrogen and oxygen atoms in total. The van der Waals surface area contributed by atoms with Crippen molar-refractivity contribution in [1.82, 2.24) is 0 Å². The molecule has 2 unspecified atom stereocenters. The molecule has 0 aromatic heterocycles. The van der Waals surface area contributed by atoms with Crippen LogP contribution in [0.2, 0.25) is 0 Å². The highest BCUT2D eigenvalue weighted by atomic mass is 16.7. The van der Waals surface area contributed by atoms with Gasteiger partial charge in [0, 0.05) is 13.0 Å². The maximum absolute atomic E-state index is 5.90. The fourth-order valence-corrected chi connectivity index (χ4v) is 2.00. The Balaban J connectivity index is 2.58. The Morgan fingerprint density at radius 3 is 2.26 bits per heavy atom. The van der Waals surface area contributed by atoms with Gasteiger partial charge in [0.15, 0.2) is 6.29 Å². The van der Waals surface area contributed by atoms with Crippen molar-refractivity contribution in [2.45, 2.75) is 65.6 Å². The largest absolute Gasteiger partial charge is 0.465 e. The molecule has 0 heterocycles. The van der Waals surface area contributed by atoms with Gasteiger partial charge in [-0.2, -0.15) is 0 Å². The molecule has 1 rings (SSSR count). The van der Waals surface area contributed by atoms with Crippen LogP contribution in [0.25, 0.3) is 0 Å². The Hall–Kier alpha value is -1.02. The minimum atomic E-state index is -0.112. The lowest BCUT2D eigenvalue weighted by molar-refractivity contribution is -0.0806. The van der Waals surface area contributed by atoms with Crippen molar-refractivity contribution in [1.29, 1.82) is 0 Å². The second-order valence-corrected chi connectivity index (χ2v) is 5.02. The van der Waals surface area contributed by atoms with Gasteiger partial charge in [0.1, 0.15) is 5.75 Å². The maximum atomic E-state index is 5.90. The zero-order valence-electron chi connectivity index (χ0n) is 12.8. The van der Waals surface area contributed by atoms with Gasteiger partial charge in [-0.1, -0.05) is 39.3 Å². The molecule has 19 heavy (non-hydrogen) atoms. The average Bonchev–Trinajstić information content (AvgIpc) is 2.45. The summed E-state index contributed by atoms with van der Waals surface area (Å²) in [5.74, 6) is 1.51. The van der Waals surface area contributed by atoms with E-state index in [0.29, 0.717) is 12.5 Å². The number of benzene rings is 1. The van der Waals surface area contributed by atoms with Crippen LogP contribution in [0.15, 0.2) is 24.3 Å². The first-order chi connectivity index (χ1) is 9.21. The molecule has 0 fully saturated rings. The summed E-state index contributed by atoms with van der Waals surface area (Å²) in [7, 11) is 0. The standard InChI is InChI=1S/C17H28O2/c1-5-8-9-17(18-7-3)19-16-12-10-15(11-13-16)14(4)6-2/h10-14,17H,5-9H2,1-4H3. The third-order valence-electron chi connectivity index (χ3n) is 3.47. The zero-order chi connectivity index (χ0) is 14.1. The molecule has 1 aromatic rings. The van der Waals surface area contributed by atoms with E-state index in [-0.39, 0.29) is 6.29 Å². The average molecular weight is 264 g/mol. The number of unbranched alkanes of at least 4 members (excludes halogenated alkanes) is 1. The maximum Gasteiger partial charge on any atom is 0.199 e. The summed E-state index contributed by atoms with van der Waals surface area (Å²) in [6.07, 6.45) is 4.31. The van der Waals surface area contributed by atoms with Crippen LogP contribution >= 0.6 is 0 Å². The molecule has 1 aromatic carbocycles. The molecular formula is C17H28O2. The third kappa shape index (κ3) is 5.65. The molecule has 2 heteroatoms. The van der Waals surface area contributed by atoms with Crippen molar-refractivity contribution >= 4 is 0 Å². The molecule has 2 atom stereocenters. The Morgan fingerprint density at radius 2 is 1.74 bits per heavy atom. The SMILES string of the molecule is CCCCC(OCC)Oc1ccc(C(C)CC)cc1. The second kappa shape index (κ2) is 8.98. The van der Waals surface area contributed by atoms with Crippen LogP contribution in [-0.2, 0) is 4.74 Å². The normalized spacial score (nSPS) is 14.1. The summed E-state index contributed by atoms with van der Waals surface area (Å²) in [5, 5.41) is 0. The summed E-state index contributed by atoms with van der Waals surface area (Å²) < 4.78 is 11.5. The van der Waals surface area contributed by atoms with Crippen LogP contribution in [0.4, 0.5) is 0 Å². The van der Waals surface area contributed by atoms with Gasteiger partial charge in [-0.15, -0.1) is 0 Å². The highest BCUT2D eigenvalue weighted by molar-refractivity contribution is 5.29. The van der Waals surface area contributed by atoms with E-state index in [1.54, 1.807) is 0 Å². The van der Waals surface area contributed by atoms with Crippen LogP contribution in [-0.4, -0.2) is 12.9 Å². The molecule has 0 saturated carbocycles. The van der Waals surface area contributed by atoms with Gasteiger partial charge in [-0.25, -0.2) is 0 Å². The molecule has 0 saturated heterocycles. The third-order valence-corrected chi connectivity index (χ3v) is 3.47. The lowest BCUT2D eigenvalue weighted by atomic mass is 9.99. The highest BCUT2D eigenvalue weighted by Crippen LogP contribution is 2.22. The number of hydrogen-bond acceptors (Lipinski definition) is 2. The number of hydrogen-bond donors (Lipinski definition) is 0. The Kier molecular flexibility index (Phi) is 7.57. The van der Waals surface area contributed by atoms with Gasteiger partial charge in [-0.05, 0) is 43.4 Å². The van der Waals surface area contributed by atoms with Crippen LogP contribution < -0.4 is 4.74 Å². The molecule has 0 bridgehead atoms. The predicted octanol–water partition coefficient (Wildman–Crippen LogP) is 5.13. The van der Waals surface area contributed by atoms with E-state index in [1.807, 2.05) is 6.92 Å². The fraction of sp³-hybridized carbons (Fsp3) is 0.647. The van der Waals surface area contributed by atoms with E-state index in [4.69, 9.17) is 9.47 Å². The highest BCUT2D eigenvalue weighted by Gasteiger charge is 2.10. The number of rotatable bonds is 9. The molecule has 0 aliphatic heterocycles. The predicted molar refractivity (Wildman–Crippen MR) is 80.7 cm³/mol. The van der Waals surface area contributed by atoms with E-state index in [2.05, 4.69) is 45.0 Å². The van der Waals surface area contributed by atoms with Crippen molar-refractivity contribution < 1.29 is 9.47 Å². The van der Waals surface area contributed by atoms with Crippen molar-refractivity contribution in [2.24, 2.45) is 0 Å². The van der Waals surface area contributed by atoms with Gasteiger partial charge in [-0.3, -0.25) is 0 Å². The fourth-order valence-electron chi connectivity index (χ4n) is 2.00. The smallest absolute Gasteiger partial charge is 0.199 e. The van der Waals surface area contributed by atoms with Gasteiger partial charge < -0.3 is 9.47 Å². The topological polar surface area (TPSA) is 18.5 Å². The Morgan fingerprint density at radius 1 is 1.05 bits per heavy atom. The van der Waals surface area contributed by atoms with Gasteiger partial charge in [0.05, 0.1) is 0 Å². The lowest BCUT2D eigenvalue weighted by Gasteiger charge is -2.19. The van der Waals surface area contributed by atoms with E-state index in [1.165, 1.54) is 12.0 Å². The lowest BCUT2D eigenvalue weighted by Crippen LogP contribution is -2.20. The summed E-state index contributed by atoms with van der Waals surface area (Å²) >= 11 is 0. The molecule has 0 aliphatic carbocycles. The van der Waals surface area contributed by atoms with Crippen molar-refractivity contribution in [3.05, 3.63) is 29.8 Å². The van der Waals surface area contributed by atoms with E-state index in [9.17, 15) is 0 Å². The van der Waals surface area contributed by atoms with Crippen molar-refractivity contribution in [2.75, 3.05) is 6.61 Å². The summed E-state index contributed by atoms with van der Waals surface area (Å²) in [6, 6.07) is 8.43. The number of ether oxygens (including phenoxy) is 2. The summed E-state index contributed by atoms with van der Waals surface area (Å²) in [5.41, 5.74) is 1.37. The van der Waals surface area contributed by atoms with Crippen molar-refractivity contribution in [3.63, 3.8) is 0 Å². The van der Waals surface area contributed by atoms with E-state index < -0.39 is 0 Å². The van der Waals surface area contributed by atoms with Crippen LogP contribution in [0, 0.1) is 0 Å². The molecule has 0 spiro atoms. The zero-order valence-corrected chi connectivity index (χ0v) is 12.8. The van der Waals surface area contributed by atoms with Crippen LogP contribution in [0.1, 0.15) is 64.9 Å². The van der Waals surface area contributed by atoms with Gasteiger partial charge in [0.2, 0.25) is 0 Å². The first kappa shape index (κ1) is 16.0. The molecular weight excluding hydrogens is 236 g/mol. The Bertz CT molecular complexity index is 332. The molecule has 0 amide bonds. The van der Waals surface area contributed by atoms with E-state index in [0.717, 1.165) is 25.0 Å². The molecule has 0 aliphatic rings. The molecule has 108 valence electrons. The minimum Gasteiger partial charge on any atom is -0.465 e. The first-order valence-electron chi connectivity index (χ1n) is 7.59. The van der Waals surface area contributed by atoms with Gasteiger partial charge in [0.25, 0.3) is 0 Å². The van der Waals surface area contributed by atoms with E-state index >= 15 is 0 Å². The van der Waals surface area contributed by atoms with Crippen LogP contribution in [0.3, 0.4) is 0 Å².